The molecule has 2 N–H and O–H groups in total. The van der Waals surface area contributed by atoms with Gasteiger partial charge in [0.05, 0.1) is 5.52 Å². The Bertz CT molecular complexity index is 715. The third-order valence-electron chi connectivity index (χ3n) is 5.39. The molecular formula is C22H34ClN5. The van der Waals surface area contributed by atoms with Crippen molar-refractivity contribution >= 4 is 28.2 Å². The number of fused-ring (bicyclic) bond motifs is 1. The highest BCUT2D eigenvalue weighted by molar-refractivity contribution is 6.31. The first-order valence-corrected chi connectivity index (χ1v) is 11.1. The van der Waals surface area contributed by atoms with Gasteiger partial charge in [-0.15, -0.1) is 0 Å². The Morgan fingerprint density at radius 2 is 1.68 bits per heavy atom. The molecule has 6 heteroatoms. The number of anilines is 1. The molecular weight excluding hydrogens is 370 g/mol. The largest absolute Gasteiger partial charge is 0.384 e. The van der Waals surface area contributed by atoms with Gasteiger partial charge in [-0.2, -0.15) is 0 Å². The second kappa shape index (κ2) is 11.6. The van der Waals surface area contributed by atoms with Crippen molar-refractivity contribution in [2.45, 2.75) is 26.2 Å². The molecule has 0 atom stereocenters. The van der Waals surface area contributed by atoms with Crippen LogP contribution in [0.5, 0.6) is 0 Å². The number of aromatic nitrogens is 1. The molecule has 28 heavy (non-hydrogen) atoms. The van der Waals surface area contributed by atoms with Crippen molar-refractivity contribution in [3.63, 3.8) is 0 Å². The number of pyridine rings is 1. The molecule has 0 unspecified atom stereocenters. The summed E-state index contributed by atoms with van der Waals surface area (Å²) in [6.07, 6.45) is 5.48. The van der Waals surface area contributed by atoms with Crippen molar-refractivity contribution in [3.05, 3.63) is 35.5 Å². The van der Waals surface area contributed by atoms with Gasteiger partial charge in [0.1, 0.15) is 0 Å². The maximum absolute atomic E-state index is 6.07. The van der Waals surface area contributed by atoms with Gasteiger partial charge < -0.3 is 20.4 Å². The van der Waals surface area contributed by atoms with Crippen molar-refractivity contribution in [2.24, 2.45) is 0 Å². The predicted octanol–water partition coefficient (Wildman–Crippen LogP) is 3.70. The first-order chi connectivity index (χ1) is 13.8. The number of benzene rings is 1. The third kappa shape index (κ3) is 6.59. The van der Waals surface area contributed by atoms with E-state index in [1.54, 1.807) is 0 Å². The van der Waals surface area contributed by atoms with Crippen LogP contribution in [0.15, 0.2) is 30.5 Å². The van der Waals surface area contributed by atoms with E-state index in [0.29, 0.717) is 0 Å². The molecule has 0 bridgehead atoms. The van der Waals surface area contributed by atoms with Gasteiger partial charge in [0.15, 0.2) is 0 Å². The molecule has 1 aromatic heterocycles. The summed E-state index contributed by atoms with van der Waals surface area (Å²) in [4.78, 5) is 9.61. The van der Waals surface area contributed by atoms with E-state index in [-0.39, 0.29) is 0 Å². The molecule has 0 amide bonds. The van der Waals surface area contributed by atoms with Crippen LogP contribution < -0.4 is 10.6 Å². The maximum Gasteiger partial charge on any atom is 0.0737 e. The van der Waals surface area contributed by atoms with Crippen molar-refractivity contribution in [2.75, 3.05) is 64.2 Å². The quantitative estimate of drug-likeness (QED) is 0.560. The molecule has 0 aliphatic carbocycles. The highest BCUT2D eigenvalue weighted by Gasteiger charge is 2.15. The van der Waals surface area contributed by atoms with E-state index >= 15 is 0 Å². The van der Waals surface area contributed by atoms with E-state index < -0.39 is 0 Å². The van der Waals surface area contributed by atoms with Gasteiger partial charge in [-0.25, -0.2) is 0 Å². The Kier molecular flexibility index (Phi) is 8.80. The molecule has 1 aliphatic heterocycles. The summed E-state index contributed by atoms with van der Waals surface area (Å²) in [5.41, 5.74) is 2.08. The lowest BCUT2D eigenvalue weighted by Gasteiger charge is -2.34. The number of piperazine rings is 1. The van der Waals surface area contributed by atoms with Gasteiger partial charge >= 0.3 is 0 Å². The standard InChI is InChI=1S/C22H34ClN5/c1-2-8-24-9-3-12-27-14-16-28(17-15-27)13-4-10-25-21-7-11-26-22-18-19(23)5-6-20(21)22/h5-7,11,18,24H,2-4,8-10,12-17H2,1H3,(H,25,26). The Labute approximate surface area is 174 Å². The van der Waals surface area contributed by atoms with Gasteiger partial charge in [0, 0.05) is 55.0 Å². The lowest BCUT2D eigenvalue weighted by Crippen LogP contribution is -2.47. The van der Waals surface area contributed by atoms with E-state index in [0.717, 1.165) is 54.2 Å². The Morgan fingerprint density at radius 3 is 2.39 bits per heavy atom. The van der Waals surface area contributed by atoms with Gasteiger partial charge in [0.25, 0.3) is 0 Å². The Hall–Kier alpha value is -1.40. The van der Waals surface area contributed by atoms with Crippen LogP contribution >= 0.6 is 11.6 Å². The summed E-state index contributed by atoms with van der Waals surface area (Å²) < 4.78 is 0. The second-order valence-corrected chi connectivity index (χ2v) is 8.02. The van der Waals surface area contributed by atoms with E-state index in [2.05, 4.69) is 32.3 Å². The summed E-state index contributed by atoms with van der Waals surface area (Å²) in [7, 11) is 0. The molecule has 5 nitrogen and oxygen atoms in total. The molecule has 0 radical (unpaired) electrons. The number of hydrogen-bond donors (Lipinski definition) is 2. The van der Waals surface area contributed by atoms with Crippen molar-refractivity contribution in [3.8, 4) is 0 Å². The van der Waals surface area contributed by atoms with Gasteiger partial charge in [-0.3, -0.25) is 4.98 Å². The summed E-state index contributed by atoms with van der Waals surface area (Å²) in [5.74, 6) is 0. The molecule has 2 heterocycles. The van der Waals surface area contributed by atoms with E-state index in [1.807, 2.05) is 30.5 Å². The summed E-state index contributed by atoms with van der Waals surface area (Å²) >= 11 is 6.07. The minimum Gasteiger partial charge on any atom is -0.384 e. The van der Waals surface area contributed by atoms with Crippen LogP contribution in [0.25, 0.3) is 10.9 Å². The number of nitrogens with one attached hydrogen (secondary N) is 2. The van der Waals surface area contributed by atoms with Crippen molar-refractivity contribution in [1.29, 1.82) is 0 Å². The SMILES string of the molecule is CCCNCCCN1CCN(CCCNc2ccnc3cc(Cl)ccc23)CC1. The molecule has 1 aromatic carbocycles. The second-order valence-electron chi connectivity index (χ2n) is 7.59. The fourth-order valence-corrected chi connectivity index (χ4v) is 3.93. The minimum absolute atomic E-state index is 0.730. The fourth-order valence-electron chi connectivity index (χ4n) is 3.77. The number of nitrogens with zero attached hydrogens (tertiary/aromatic N) is 3. The normalized spacial score (nSPS) is 15.9. The van der Waals surface area contributed by atoms with Crippen LogP contribution in [0, 0.1) is 0 Å². The summed E-state index contributed by atoms with van der Waals surface area (Å²) in [6.45, 7) is 12.7. The summed E-state index contributed by atoms with van der Waals surface area (Å²) in [5, 5.41) is 8.93. The van der Waals surface area contributed by atoms with Crippen LogP contribution in [0.3, 0.4) is 0 Å². The molecule has 154 valence electrons. The average Bonchev–Trinajstić information content (AvgIpc) is 2.72. The highest BCUT2D eigenvalue weighted by atomic mass is 35.5. The zero-order chi connectivity index (χ0) is 19.6. The molecule has 0 spiro atoms. The molecule has 0 saturated carbocycles. The Balaban J connectivity index is 1.31. The third-order valence-corrected chi connectivity index (χ3v) is 5.63. The monoisotopic (exact) mass is 403 g/mol. The number of rotatable bonds is 11. The molecule has 3 rings (SSSR count). The first-order valence-electron chi connectivity index (χ1n) is 10.7. The van der Waals surface area contributed by atoms with Gasteiger partial charge in [0.2, 0.25) is 0 Å². The van der Waals surface area contributed by atoms with Crippen LogP contribution in [0.4, 0.5) is 5.69 Å². The maximum atomic E-state index is 6.07. The molecule has 1 fully saturated rings. The van der Waals surface area contributed by atoms with Crippen LogP contribution in [-0.2, 0) is 0 Å². The van der Waals surface area contributed by atoms with Gasteiger partial charge in [-0.1, -0.05) is 18.5 Å². The lowest BCUT2D eigenvalue weighted by atomic mass is 10.2. The van der Waals surface area contributed by atoms with Crippen molar-refractivity contribution < 1.29 is 0 Å². The van der Waals surface area contributed by atoms with E-state index in [4.69, 9.17) is 11.6 Å². The van der Waals surface area contributed by atoms with Crippen LogP contribution in [0.1, 0.15) is 26.2 Å². The zero-order valence-corrected chi connectivity index (χ0v) is 17.8. The topological polar surface area (TPSA) is 43.4 Å². The number of halogens is 1. The smallest absolute Gasteiger partial charge is 0.0737 e. The average molecular weight is 404 g/mol. The first kappa shape index (κ1) is 21.3. The molecule has 1 saturated heterocycles. The lowest BCUT2D eigenvalue weighted by molar-refractivity contribution is 0.131. The van der Waals surface area contributed by atoms with Crippen LogP contribution in [-0.4, -0.2) is 73.7 Å². The minimum atomic E-state index is 0.730. The number of hydrogen-bond acceptors (Lipinski definition) is 5. The fraction of sp³-hybridized carbons (Fsp3) is 0.591. The van der Waals surface area contributed by atoms with E-state index in [9.17, 15) is 0 Å². The Morgan fingerprint density at radius 1 is 0.964 bits per heavy atom. The molecule has 2 aromatic rings. The molecule has 1 aliphatic rings. The van der Waals surface area contributed by atoms with Crippen molar-refractivity contribution in [1.82, 2.24) is 20.1 Å². The van der Waals surface area contributed by atoms with E-state index in [1.165, 1.54) is 45.6 Å². The predicted molar refractivity (Wildman–Crippen MR) is 121 cm³/mol. The summed E-state index contributed by atoms with van der Waals surface area (Å²) in [6, 6.07) is 7.94. The van der Waals surface area contributed by atoms with Crippen LogP contribution in [0.2, 0.25) is 5.02 Å². The zero-order valence-electron chi connectivity index (χ0n) is 17.1. The van der Waals surface area contributed by atoms with Gasteiger partial charge in [-0.05, 0) is 69.7 Å². The highest BCUT2D eigenvalue weighted by Crippen LogP contribution is 2.24.